The van der Waals surface area contributed by atoms with Gasteiger partial charge in [-0.2, -0.15) is 0 Å². The SMILES string of the molecule is CCNC(=O)COc1cccc(NC(=O)c2cc(F)cc(F)c2)c1. The zero-order valence-electron chi connectivity index (χ0n) is 12.9. The lowest BCUT2D eigenvalue weighted by Crippen LogP contribution is -2.28. The van der Waals surface area contributed by atoms with Crippen LogP contribution in [0, 0.1) is 11.6 Å². The van der Waals surface area contributed by atoms with Crippen LogP contribution in [0.4, 0.5) is 14.5 Å². The van der Waals surface area contributed by atoms with Crippen LogP contribution < -0.4 is 15.4 Å². The summed E-state index contributed by atoms with van der Waals surface area (Å²) in [5.74, 6) is -2.21. The molecule has 2 aromatic rings. The van der Waals surface area contributed by atoms with Crippen molar-refractivity contribution in [1.29, 1.82) is 0 Å². The molecular formula is C17H16F2N2O3. The van der Waals surface area contributed by atoms with Crippen molar-refractivity contribution in [3.8, 4) is 5.75 Å². The van der Waals surface area contributed by atoms with E-state index in [2.05, 4.69) is 10.6 Å². The number of carbonyl (C=O) groups excluding carboxylic acids is 2. The molecule has 0 fully saturated rings. The second-order valence-electron chi connectivity index (χ2n) is 4.88. The van der Waals surface area contributed by atoms with E-state index in [1.807, 2.05) is 0 Å². The number of hydrogen-bond donors (Lipinski definition) is 2. The molecule has 5 nitrogen and oxygen atoms in total. The van der Waals surface area contributed by atoms with Crippen LogP contribution in [0.3, 0.4) is 0 Å². The van der Waals surface area contributed by atoms with E-state index in [0.717, 1.165) is 12.1 Å². The second kappa shape index (κ2) is 8.05. The number of nitrogens with one attached hydrogen (secondary N) is 2. The Morgan fingerprint density at radius 3 is 2.46 bits per heavy atom. The maximum Gasteiger partial charge on any atom is 0.257 e. The number of carbonyl (C=O) groups is 2. The Morgan fingerprint density at radius 1 is 1.08 bits per heavy atom. The van der Waals surface area contributed by atoms with E-state index in [1.54, 1.807) is 25.1 Å². The van der Waals surface area contributed by atoms with Crippen LogP contribution in [0.2, 0.25) is 0 Å². The number of halogens is 2. The van der Waals surface area contributed by atoms with Gasteiger partial charge in [0.25, 0.3) is 11.8 Å². The van der Waals surface area contributed by atoms with Crippen molar-refractivity contribution in [3.63, 3.8) is 0 Å². The lowest BCUT2D eigenvalue weighted by molar-refractivity contribution is -0.122. The first-order chi connectivity index (χ1) is 11.5. The van der Waals surface area contributed by atoms with Crippen molar-refractivity contribution < 1.29 is 23.1 Å². The van der Waals surface area contributed by atoms with Gasteiger partial charge in [-0.1, -0.05) is 6.07 Å². The minimum atomic E-state index is -0.834. The van der Waals surface area contributed by atoms with Gasteiger partial charge >= 0.3 is 0 Å². The maximum atomic E-state index is 13.2. The van der Waals surface area contributed by atoms with Gasteiger partial charge in [0.1, 0.15) is 17.4 Å². The standard InChI is InChI=1S/C17H16F2N2O3/c1-2-20-16(22)10-24-15-5-3-4-14(9-15)21-17(23)11-6-12(18)8-13(19)7-11/h3-9H,2,10H2,1H3,(H,20,22)(H,21,23). The number of benzene rings is 2. The van der Waals surface area contributed by atoms with Crippen LogP contribution in [0.25, 0.3) is 0 Å². The van der Waals surface area contributed by atoms with Gasteiger partial charge in [-0.05, 0) is 31.2 Å². The lowest BCUT2D eigenvalue weighted by Gasteiger charge is -2.09. The van der Waals surface area contributed by atoms with Crippen molar-refractivity contribution in [1.82, 2.24) is 5.32 Å². The third kappa shape index (κ3) is 5.05. The van der Waals surface area contributed by atoms with Crippen LogP contribution in [-0.4, -0.2) is 25.0 Å². The summed E-state index contributed by atoms with van der Waals surface area (Å²) in [6.45, 7) is 2.14. The molecule has 0 saturated carbocycles. The molecule has 0 atom stereocenters. The first kappa shape index (κ1) is 17.4. The molecule has 2 amide bonds. The largest absolute Gasteiger partial charge is 0.484 e. The van der Waals surface area contributed by atoms with Gasteiger partial charge in [0.05, 0.1) is 0 Å². The van der Waals surface area contributed by atoms with E-state index in [9.17, 15) is 18.4 Å². The summed E-state index contributed by atoms with van der Waals surface area (Å²) in [5, 5.41) is 5.10. The maximum absolute atomic E-state index is 13.2. The van der Waals surface area contributed by atoms with Gasteiger partial charge in [-0.15, -0.1) is 0 Å². The summed E-state index contributed by atoms with van der Waals surface area (Å²) >= 11 is 0. The van der Waals surface area contributed by atoms with Gasteiger partial charge in [-0.3, -0.25) is 9.59 Å². The van der Waals surface area contributed by atoms with Gasteiger partial charge < -0.3 is 15.4 Å². The number of likely N-dealkylation sites (N-methyl/N-ethyl adjacent to an activating group) is 1. The molecule has 7 heteroatoms. The zero-order valence-corrected chi connectivity index (χ0v) is 12.9. The zero-order chi connectivity index (χ0) is 17.5. The van der Waals surface area contributed by atoms with Gasteiger partial charge in [0, 0.05) is 29.9 Å². The molecule has 0 saturated heterocycles. The molecular weight excluding hydrogens is 318 g/mol. The molecule has 0 aliphatic carbocycles. The first-order valence-electron chi connectivity index (χ1n) is 7.25. The number of rotatable bonds is 6. The Balaban J connectivity index is 2.03. The van der Waals surface area contributed by atoms with Crippen molar-refractivity contribution >= 4 is 17.5 Å². The average Bonchev–Trinajstić information content (AvgIpc) is 2.53. The van der Waals surface area contributed by atoms with Crippen LogP contribution in [0.15, 0.2) is 42.5 Å². The number of amides is 2. The van der Waals surface area contributed by atoms with Crippen LogP contribution >= 0.6 is 0 Å². The fourth-order valence-electron chi connectivity index (χ4n) is 1.95. The predicted octanol–water partition coefficient (Wildman–Crippen LogP) is 2.73. The van der Waals surface area contributed by atoms with E-state index >= 15 is 0 Å². The van der Waals surface area contributed by atoms with Crippen molar-refractivity contribution in [2.45, 2.75) is 6.92 Å². The molecule has 0 heterocycles. The van der Waals surface area contributed by atoms with Crippen molar-refractivity contribution in [3.05, 3.63) is 59.7 Å². The highest BCUT2D eigenvalue weighted by Gasteiger charge is 2.10. The van der Waals surface area contributed by atoms with Gasteiger partial charge in [-0.25, -0.2) is 8.78 Å². The number of anilines is 1. The first-order valence-corrected chi connectivity index (χ1v) is 7.25. The van der Waals surface area contributed by atoms with Crippen LogP contribution in [-0.2, 0) is 4.79 Å². The highest BCUT2D eigenvalue weighted by molar-refractivity contribution is 6.04. The molecule has 0 unspecified atom stereocenters. The molecule has 0 aliphatic rings. The summed E-state index contributed by atoms with van der Waals surface area (Å²) in [6.07, 6.45) is 0. The monoisotopic (exact) mass is 334 g/mol. The van der Waals surface area contributed by atoms with Gasteiger partial charge in [0.15, 0.2) is 6.61 Å². The molecule has 0 spiro atoms. The van der Waals surface area contributed by atoms with E-state index in [4.69, 9.17) is 4.74 Å². The lowest BCUT2D eigenvalue weighted by atomic mass is 10.2. The average molecular weight is 334 g/mol. The molecule has 2 N–H and O–H groups in total. The quantitative estimate of drug-likeness (QED) is 0.853. The van der Waals surface area contributed by atoms with Crippen LogP contribution in [0.5, 0.6) is 5.75 Å². The van der Waals surface area contributed by atoms with Gasteiger partial charge in [0.2, 0.25) is 0 Å². The Morgan fingerprint density at radius 2 is 1.79 bits per heavy atom. The normalized spacial score (nSPS) is 10.1. The molecule has 126 valence electrons. The molecule has 0 bridgehead atoms. The van der Waals surface area contributed by atoms with E-state index in [-0.39, 0.29) is 18.1 Å². The summed E-state index contributed by atoms with van der Waals surface area (Å²) in [5.41, 5.74) is 0.235. The third-order valence-electron chi connectivity index (χ3n) is 2.96. The minimum Gasteiger partial charge on any atom is -0.484 e. The molecule has 2 rings (SSSR count). The predicted molar refractivity (Wildman–Crippen MR) is 84.9 cm³/mol. The third-order valence-corrected chi connectivity index (χ3v) is 2.96. The van der Waals surface area contributed by atoms with E-state index in [1.165, 1.54) is 6.07 Å². The Labute approximate surface area is 137 Å². The summed E-state index contributed by atoms with van der Waals surface area (Å²) in [6, 6.07) is 8.90. The molecule has 0 radical (unpaired) electrons. The highest BCUT2D eigenvalue weighted by Crippen LogP contribution is 2.18. The summed E-state index contributed by atoms with van der Waals surface area (Å²) in [7, 11) is 0. The summed E-state index contributed by atoms with van der Waals surface area (Å²) in [4.78, 5) is 23.4. The van der Waals surface area contributed by atoms with Crippen LogP contribution in [0.1, 0.15) is 17.3 Å². The molecule has 0 aromatic heterocycles. The molecule has 0 aliphatic heterocycles. The number of hydrogen-bond acceptors (Lipinski definition) is 3. The van der Waals surface area contributed by atoms with E-state index < -0.39 is 17.5 Å². The Kier molecular flexibility index (Phi) is 5.83. The van der Waals surface area contributed by atoms with Crippen molar-refractivity contribution in [2.24, 2.45) is 0 Å². The Hall–Kier alpha value is -2.96. The molecule has 24 heavy (non-hydrogen) atoms. The second-order valence-corrected chi connectivity index (χ2v) is 4.88. The fourth-order valence-corrected chi connectivity index (χ4v) is 1.95. The summed E-state index contributed by atoms with van der Waals surface area (Å²) < 4.78 is 31.6. The minimum absolute atomic E-state index is 0.138. The molecule has 2 aromatic carbocycles. The number of ether oxygens (including phenoxy) is 1. The topological polar surface area (TPSA) is 67.4 Å². The smallest absolute Gasteiger partial charge is 0.257 e. The Bertz CT molecular complexity index is 730. The fraction of sp³-hybridized carbons (Fsp3) is 0.176. The van der Waals surface area contributed by atoms with Crippen molar-refractivity contribution in [2.75, 3.05) is 18.5 Å². The van der Waals surface area contributed by atoms with E-state index in [0.29, 0.717) is 24.0 Å². The highest BCUT2D eigenvalue weighted by atomic mass is 19.1.